The fourth-order valence-electron chi connectivity index (χ4n) is 2.15. The highest BCUT2D eigenvalue weighted by Gasteiger charge is 2.15. The van der Waals surface area contributed by atoms with Gasteiger partial charge in [-0.05, 0) is 12.1 Å². The molecule has 0 saturated heterocycles. The van der Waals surface area contributed by atoms with Crippen LogP contribution in [-0.4, -0.2) is 10.2 Å². The summed E-state index contributed by atoms with van der Waals surface area (Å²) in [5.41, 5.74) is 7.18. The molecule has 6 heteroatoms. The predicted molar refractivity (Wildman–Crippen MR) is 85.3 cm³/mol. The van der Waals surface area contributed by atoms with Gasteiger partial charge in [0.1, 0.15) is 29.2 Å². The number of nitrogens with one attached hydrogen (secondary N) is 1. The fraction of sp³-hybridized carbons (Fsp3) is 0. The molecule has 3 N–H and O–H groups in total. The van der Waals surface area contributed by atoms with Crippen LogP contribution in [0.3, 0.4) is 0 Å². The number of hydrogen-bond acceptors (Lipinski definition) is 5. The molecule has 0 unspecified atom stereocenters. The molecular weight excluding hydrogens is 290 g/mol. The van der Waals surface area contributed by atoms with Gasteiger partial charge >= 0.3 is 0 Å². The molecule has 0 radical (unpaired) electrons. The number of nitrogens with zero attached hydrogens (tertiary/aromatic N) is 3. The van der Waals surface area contributed by atoms with Crippen molar-refractivity contribution in [3.05, 3.63) is 59.5 Å². The molecule has 0 bridgehead atoms. The van der Waals surface area contributed by atoms with Crippen molar-refractivity contribution in [1.82, 2.24) is 10.2 Å². The van der Waals surface area contributed by atoms with E-state index in [0.717, 1.165) is 5.56 Å². The lowest BCUT2D eigenvalue weighted by atomic mass is 10.1. The summed E-state index contributed by atoms with van der Waals surface area (Å²) in [6.07, 6.45) is 1.54. The molecule has 6 nitrogen and oxygen atoms in total. The van der Waals surface area contributed by atoms with Crippen molar-refractivity contribution in [2.45, 2.75) is 0 Å². The largest absolute Gasteiger partial charge is 0.457 e. The van der Waals surface area contributed by atoms with Crippen LogP contribution in [0.1, 0.15) is 17.0 Å². The Morgan fingerprint density at radius 2 is 1.96 bits per heavy atom. The number of aromatic amines is 1. The highest BCUT2D eigenvalue weighted by molar-refractivity contribution is 5.90. The zero-order valence-corrected chi connectivity index (χ0v) is 11.9. The minimum atomic E-state index is 0.0630. The topological polar surface area (TPSA) is 115 Å². The van der Waals surface area contributed by atoms with Crippen LogP contribution in [0, 0.1) is 22.7 Å². The Hall–Kier alpha value is -3.77. The average molecular weight is 301 g/mol. The molecule has 1 aromatic carbocycles. The lowest BCUT2D eigenvalue weighted by Crippen LogP contribution is -1.89. The third kappa shape index (κ3) is 2.69. The molecule has 0 amide bonds. The normalized spacial score (nSPS) is 11.0. The van der Waals surface area contributed by atoms with Gasteiger partial charge in [0.05, 0.1) is 11.3 Å². The standard InChI is InChI=1S/C17H11N5O/c18-9-12(16-14(10-19)17(20)22-21-16)8-13-6-7-15(23-13)11-4-2-1-3-5-11/h1-8H,(H3,20,21,22). The van der Waals surface area contributed by atoms with E-state index in [-0.39, 0.29) is 22.6 Å². The predicted octanol–water partition coefficient (Wildman–Crippen LogP) is 3.19. The smallest absolute Gasteiger partial charge is 0.163 e. The van der Waals surface area contributed by atoms with Gasteiger partial charge in [-0.1, -0.05) is 30.3 Å². The van der Waals surface area contributed by atoms with Crippen molar-refractivity contribution < 1.29 is 4.42 Å². The maximum Gasteiger partial charge on any atom is 0.163 e. The van der Waals surface area contributed by atoms with Gasteiger partial charge < -0.3 is 10.2 Å². The van der Waals surface area contributed by atoms with E-state index < -0.39 is 0 Å². The summed E-state index contributed by atoms with van der Waals surface area (Å²) in [5.74, 6) is 1.25. The van der Waals surface area contributed by atoms with Gasteiger partial charge in [0.2, 0.25) is 0 Å². The van der Waals surface area contributed by atoms with Crippen LogP contribution in [0.4, 0.5) is 5.82 Å². The number of allylic oxidation sites excluding steroid dienone is 1. The zero-order chi connectivity index (χ0) is 16.2. The molecule has 0 spiro atoms. The maximum absolute atomic E-state index is 9.34. The van der Waals surface area contributed by atoms with Crippen LogP contribution in [0.25, 0.3) is 23.0 Å². The quantitative estimate of drug-likeness (QED) is 0.721. The Morgan fingerprint density at radius 3 is 2.65 bits per heavy atom. The molecule has 23 heavy (non-hydrogen) atoms. The number of nitrogen functional groups attached to an aromatic ring is 1. The van der Waals surface area contributed by atoms with Crippen LogP contribution in [0.15, 0.2) is 46.9 Å². The Kier molecular flexibility index (Phi) is 3.65. The van der Waals surface area contributed by atoms with Crippen LogP contribution < -0.4 is 5.73 Å². The monoisotopic (exact) mass is 301 g/mol. The Labute approximate surface area is 132 Å². The SMILES string of the molecule is N#CC(=Cc1ccc(-c2ccccc2)o1)c1[nH]nc(N)c1C#N. The molecule has 0 saturated carbocycles. The van der Waals surface area contributed by atoms with E-state index in [1.807, 2.05) is 48.5 Å². The lowest BCUT2D eigenvalue weighted by Gasteiger charge is -1.96. The van der Waals surface area contributed by atoms with E-state index in [1.165, 1.54) is 0 Å². The molecule has 2 heterocycles. The van der Waals surface area contributed by atoms with Crippen molar-refractivity contribution in [3.8, 4) is 23.5 Å². The van der Waals surface area contributed by atoms with Gasteiger partial charge in [-0.2, -0.15) is 15.6 Å². The Bertz CT molecular complexity index is 951. The Morgan fingerprint density at radius 1 is 1.17 bits per heavy atom. The number of rotatable bonds is 3. The van der Waals surface area contributed by atoms with E-state index in [1.54, 1.807) is 12.1 Å². The molecule has 3 aromatic rings. The van der Waals surface area contributed by atoms with Crippen molar-refractivity contribution in [1.29, 1.82) is 10.5 Å². The minimum Gasteiger partial charge on any atom is -0.457 e. The lowest BCUT2D eigenvalue weighted by molar-refractivity contribution is 0.572. The first-order valence-corrected chi connectivity index (χ1v) is 6.74. The first kappa shape index (κ1) is 14.2. The third-order valence-electron chi connectivity index (χ3n) is 3.27. The number of anilines is 1. The van der Waals surface area contributed by atoms with Gasteiger partial charge in [-0.3, -0.25) is 5.10 Å². The van der Waals surface area contributed by atoms with E-state index >= 15 is 0 Å². The van der Waals surface area contributed by atoms with Crippen LogP contribution >= 0.6 is 0 Å². The zero-order valence-electron chi connectivity index (χ0n) is 11.9. The number of H-pyrrole nitrogens is 1. The first-order valence-electron chi connectivity index (χ1n) is 6.74. The summed E-state index contributed by atoms with van der Waals surface area (Å²) in [4.78, 5) is 0. The second kappa shape index (κ2) is 5.92. The van der Waals surface area contributed by atoms with E-state index in [4.69, 9.17) is 15.4 Å². The molecule has 0 aliphatic heterocycles. The van der Waals surface area contributed by atoms with Gasteiger partial charge in [0.15, 0.2) is 5.82 Å². The third-order valence-corrected chi connectivity index (χ3v) is 3.27. The molecular formula is C17H11N5O. The van der Waals surface area contributed by atoms with Crippen molar-refractivity contribution in [2.75, 3.05) is 5.73 Å². The molecule has 0 aliphatic carbocycles. The van der Waals surface area contributed by atoms with Gasteiger partial charge in [0, 0.05) is 11.6 Å². The average Bonchev–Trinajstić information content (AvgIpc) is 3.20. The number of nitrogens with two attached hydrogens (primary N) is 1. The van der Waals surface area contributed by atoms with E-state index in [0.29, 0.717) is 11.5 Å². The van der Waals surface area contributed by atoms with Crippen LogP contribution in [0.2, 0.25) is 0 Å². The van der Waals surface area contributed by atoms with Crippen LogP contribution in [-0.2, 0) is 0 Å². The summed E-state index contributed by atoms with van der Waals surface area (Å²) in [6, 6.07) is 17.2. The van der Waals surface area contributed by atoms with E-state index in [9.17, 15) is 5.26 Å². The number of nitriles is 2. The highest BCUT2D eigenvalue weighted by atomic mass is 16.3. The second-order valence-electron chi connectivity index (χ2n) is 4.71. The van der Waals surface area contributed by atoms with Gasteiger partial charge in [-0.15, -0.1) is 0 Å². The fourth-order valence-corrected chi connectivity index (χ4v) is 2.15. The first-order chi connectivity index (χ1) is 11.2. The summed E-state index contributed by atoms with van der Waals surface area (Å²) in [6.45, 7) is 0. The summed E-state index contributed by atoms with van der Waals surface area (Å²) >= 11 is 0. The molecule has 0 fully saturated rings. The Balaban J connectivity index is 1.99. The summed E-state index contributed by atoms with van der Waals surface area (Å²) < 4.78 is 5.73. The van der Waals surface area contributed by atoms with Gasteiger partial charge in [0.25, 0.3) is 0 Å². The molecule has 0 atom stereocenters. The molecule has 110 valence electrons. The summed E-state index contributed by atoms with van der Waals surface area (Å²) in [7, 11) is 0. The number of hydrogen-bond donors (Lipinski definition) is 2. The van der Waals surface area contributed by atoms with Crippen molar-refractivity contribution in [2.24, 2.45) is 0 Å². The minimum absolute atomic E-state index is 0.0630. The second-order valence-corrected chi connectivity index (χ2v) is 4.71. The molecule has 2 aromatic heterocycles. The van der Waals surface area contributed by atoms with Gasteiger partial charge in [-0.25, -0.2) is 0 Å². The van der Waals surface area contributed by atoms with Crippen molar-refractivity contribution >= 4 is 17.5 Å². The highest BCUT2D eigenvalue weighted by Crippen LogP contribution is 2.26. The summed E-state index contributed by atoms with van der Waals surface area (Å²) in [5, 5.41) is 24.8. The number of furan rings is 1. The number of aromatic nitrogens is 2. The van der Waals surface area contributed by atoms with Crippen molar-refractivity contribution in [3.63, 3.8) is 0 Å². The number of benzene rings is 1. The maximum atomic E-state index is 9.34. The van der Waals surface area contributed by atoms with E-state index in [2.05, 4.69) is 10.2 Å². The molecule has 0 aliphatic rings. The molecule has 3 rings (SSSR count). The van der Waals surface area contributed by atoms with Crippen LogP contribution in [0.5, 0.6) is 0 Å².